The van der Waals surface area contributed by atoms with Gasteiger partial charge in [0.05, 0.1) is 12.0 Å². The van der Waals surface area contributed by atoms with Gasteiger partial charge in [-0.3, -0.25) is 0 Å². The van der Waals surface area contributed by atoms with Gasteiger partial charge in [-0.25, -0.2) is 13.1 Å². The summed E-state index contributed by atoms with van der Waals surface area (Å²) in [5.41, 5.74) is 1.10. The molecule has 1 N–H and O–H groups in total. The second-order valence-electron chi connectivity index (χ2n) is 4.92. The van der Waals surface area contributed by atoms with E-state index in [9.17, 15) is 8.42 Å². The van der Waals surface area contributed by atoms with Crippen molar-refractivity contribution in [1.82, 2.24) is 4.72 Å². The Kier molecular flexibility index (Phi) is 6.01. The highest BCUT2D eigenvalue weighted by atomic mass is 32.2. The second kappa shape index (κ2) is 7.99. The number of sulfonamides is 1. The number of rotatable bonds is 8. The number of ether oxygens (including phenoxy) is 2. The Labute approximate surface area is 137 Å². The Bertz CT molecular complexity index is 709. The van der Waals surface area contributed by atoms with Crippen LogP contribution in [0.4, 0.5) is 0 Å². The van der Waals surface area contributed by atoms with E-state index in [1.54, 1.807) is 43.5 Å². The SMILES string of the molecule is CCc1ccc(S(=O)(=O)NCCOc2ccc(OC)cc2)cc1. The van der Waals surface area contributed by atoms with Crippen molar-refractivity contribution in [1.29, 1.82) is 0 Å². The van der Waals surface area contributed by atoms with Crippen molar-refractivity contribution in [2.45, 2.75) is 18.2 Å². The number of hydrogen-bond donors (Lipinski definition) is 1. The number of methoxy groups -OCH3 is 1. The monoisotopic (exact) mass is 335 g/mol. The first kappa shape index (κ1) is 17.3. The highest BCUT2D eigenvalue weighted by molar-refractivity contribution is 7.89. The van der Waals surface area contributed by atoms with Crippen LogP contribution in [0.2, 0.25) is 0 Å². The van der Waals surface area contributed by atoms with Gasteiger partial charge in [0.25, 0.3) is 0 Å². The average molecular weight is 335 g/mol. The normalized spacial score (nSPS) is 11.2. The molecule has 6 heteroatoms. The lowest BCUT2D eigenvalue weighted by Gasteiger charge is -2.09. The van der Waals surface area contributed by atoms with Crippen LogP contribution in [0, 0.1) is 0 Å². The lowest BCUT2D eigenvalue weighted by atomic mass is 10.2. The smallest absolute Gasteiger partial charge is 0.240 e. The first-order chi connectivity index (χ1) is 11.0. The molecule has 124 valence electrons. The molecule has 0 radical (unpaired) electrons. The standard InChI is InChI=1S/C17H21NO4S/c1-3-14-4-10-17(11-5-14)23(19,20)18-12-13-22-16-8-6-15(21-2)7-9-16/h4-11,18H,3,12-13H2,1-2H3. The summed E-state index contributed by atoms with van der Waals surface area (Å²) in [7, 11) is -1.91. The predicted molar refractivity (Wildman–Crippen MR) is 89.5 cm³/mol. The third-order valence-corrected chi connectivity index (χ3v) is 4.84. The third-order valence-electron chi connectivity index (χ3n) is 3.36. The molecule has 0 unspecified atom stereocenters. The predicted octanol–water partition coefficient (Wildman–Crippen LogP) is 2.61. The number of benzene rings is 2. The molecule has 0 saturated carbocycles. The Morgan fingerprint density at radius 1 is 0.957 bits per heavy atom. The van der Waals surface area contributed by atoms with E-state index >= 15 is 0 Å². The van der Waals surface area contributed by atoms with Crippen molar-refractivity contribution < 1.29 is 17.9 Å². The Morgan fingerprint density at radius 3 is 2.13 bits per heavy atom. The fourth-order valence-corrected chi connectivity index (χ4v) is 3.02. The Hall–Kier alpha value is -2.05. The van der Waals surface area contributed by atoms with Crippen LogP contribution < -0.4 is 14.2 Å². The van der Waals surface area contributed by atoms with Gasteiger partial charge >= 0.3 is 0 Å². The molecule has 2 aromatic carbocycles. The maximum atomic E-state index is 12.1. The van der Waals surface area contributed by atoms with Gasteiger partial charge < -0.3 is 9.47 Å². The molecule has 0 aromatic heterocycles. The van der Waals surface area contributed by atoms with E-state index < -0.39 is 10.0 Å². The van der Waals surface area contributed by atoms with Crippen LogP contribution >= 0.6 is 0 Å². The lowest BCUT2D eigenvalue weighted by molar-refractivity contribution is 0.322. The third kappa shape index (κ3) is 4.97. The quantitative estimate of drug-likeness (QED) is 0.753. The molecular formula is C17H21NO4S. The van der Waals surface area contributed by atoms with Gasteiger partial charge in [0, 0.05) is 6.54 Å². The molecule has 0 heterocycles. The minimum atomic E-state index is -3.50. The van der Waals surface area contributed by atoms with Crippen molar-refractivity contribution in [2.24, 2.45) is 0 Å². The molecule has 0 amide bonds. The fourth-order valence-electron chi connectivity index (χ4n) is 2.00. The van der Waals surface area contributed by atoms with Gasteiger partial charge in [0.15, 0.2) is 0 Å². The summed E-state index contributed by atoms with van der Waals surface area (Å²) in [6.07, 6.45) is 0.878. The summed E-state index contributed by atoms with van der Waals surface area (Å²) in [6.45, 7) is 2.47. The highest BCUT2D eigenvalue weighted by Gasteiger charge is 2.12. The number of nitrogens with one attached hydrogen (secondary N) is 1. The van der Waals surface area contributed by atoms with Gasteiger partial charge in [0.1, 0.15) is 18.1 Å². The molecule has 0 bridgehead atoms. The molecule has 0 aliphatic heterocycles. The highest BCUT2D eigenvalue weighted by Crippen LogP contribution is 2.16. The molecule has 2 aromatic rings. The van der Waals surface area contributed by atoms with E-state index in [-0.39, 0.29) is 18.0 Å². The van der Waals surface area contributed by atoms with Gasteiger partial charge in [-0.1, -0.05) is 19.1 Å². The molecule has 2 rings (SSSR count). The van der Waals surface area contributed by atoms with E-state index in [0.29, 0.717) is 5.75 Å². The van der Waals surface area contributed by atoms with E-state index in [4.69, 9.17) is 9.47 Å². The van der Waals surface area contributed by atoms with Crippen LogP contribution in [0.1, 0.15) is 12.5 Å². The average Bonchev–Trinajstić information content (AvgIpc) is 2.59. The van der Waals surface area contributed by atoms with Crippen LogP contribution in [-0.2, 0) is 16.4 Å². The van der Waals surface area contributed by atoms with Gasteiger partial charge in [-0.2, -0.15) is 0 Å². The van der Waals surface area contributed by atoms with Gasteiger partial charge in [-0.05, 0) is 48.4 Å². The summed E-state index contributed by atoms with van der Waals surface area (Å²) >= 11 is 0. The molecule has 23 heavy (non-hydrogen) atoms. The summed E-state index contributed by atoms with van der Waals surface area (Å²) in [6, 6.07) is 14.0. The van der Waals surface area contributed by atoms with Crippen molar-refractivity contribution in [2.75, 3.05) is 20.3 Å². The largest absolute Gasteiger partial charge is 0.497 e. The zero-order valence-corrected chi connectivity index (χ0v) is 14.1. The summed E-state index contributed by atoms with van der Waals surface area (Å²) < 4.78 is 37.4. The summed E-state index contributed by atoms with van der Waals surface area (Å²) in [5.74, 6) is 1.41. The van der Waals surface area contributed by atoms with Crippen LogP contribution in [0.5, 0.6) is 11.5 Å². The minimum absolute atomic E-state index is 0.198. The lowest BCUT2D eigenvalue weighted by Crippen LogP contribution is -2.28. The molecule has 0 spiro atoms. The molecular weight excluding hydrogens is 314 g/mol. The van der Waals surface area contributed by atoms with Crippen molar-refractivity contribution in [3.63, 3.8) is 0 Å². The molecule has 0 saturated heterocycles. The second-order valence-corrected chi connectivity index (χ2v) is 6.69. The molecule has 0 aliphatic rings. The zero-order valence-electron chi connectivity index (χ0n) is 13.3. The van der Waals surface area contributed by atoms with Crippen LogP contribution in [0.15, 0.2) is 53.4 Å². The van der Waals surface area contributed by atoms with E-state index in [0.717, 1.165) is 17.7 Å². The van der Waals surface area contributed by atoms with Crippen molar-refractivity contribution in [3.8, 4) is 11.5 Å². The van der Waals surface area contributed by atoms with Crippen molar-refractivity contribution >= 4 is 10.0 Å². The first-order valence-corrected chi connectivity index (χ1v) is 8.89. The Morgan fingerprint density at radius 2 is 1.57 bits per heavy atom. The van der Waals surface area contributed by atoms with Crippen LogP contribution in [-0.4, -0.2) is 28.7 Å². The fraction of sp³-hybridized carbons (Fsp3) is 0.294. The van der Waals surface area contributed by atoms with Crippen LogP contribution in [0.25, 0.3) is 0 Å². The summed E-state index contributed by atoms with van der Waals surface area (Å²) in [4.78, 5) is 0.263. The van der Waals surface area contributed by atoms with Gasteiger partial charge in [0.2, 0.25) is 10.0 Å². The van der Waals surface area contributed by atoms with E-state index in [1.807, 2.05) is 19.1 Å². The molecule has 0 aliphatic carbocycles. The number of aryl methyl sites for hydroxylation is 1. The van der Waals surface area contributed by atoms with Crippen LogP contribution in [0.3, 0.4) is 0 Å². The zero-order chi connectivity index (χ0) is 16.7. The van der Waals surface area contributed by atoms with Crippen molar-refractivity contribution in [3.05, 3.63) is 54.1 Å². The molecule has 0 atom stereocenters. The number of hydrogen-bond acceptors (Lipinski definition) is 4. The maximum absolute atomic E-state index is 12.1. The maximum Gasteiger partial charge on any atom is 0.240 e. The minimum Gasteiger partial charge on any atom is -0.497 e. The Balaban J connectivity index is 1.84. The molecule has 0 fully saturated rings. The first-order valence-electron chi connectivity index (χ1n) is 7.40. The topological polar surface area (TPSA) is 64.6 Å². The molecule has 5 nitrogen and oxygen atoms in total. The summed E-state index contributed by atoms with van der Waals surface area (Å²) in [5, 5.41) is 0. The van der Waals surface area contributed by atoms with Gasteiger partial charge in [-0.15, -0.1) is 0 Å². The van der Waals surface area contributed by atoms with E-state index in [2.05, 4.69) is 4.72 Å². The van der Waals surface area contributed by atoms with E-state index in [1.165, 1.54) is 0 Å².